The summed E-state index contributed by atoms with van der Waals surface area (Å²) < 4.78 is 16.0. The second kappa shape index (κ2) is 7.76. The van der Waals surface area contributed by atoms with Gasteiger partial charge >= 0.3 is 0 Å². The van der Waals surface area contributed by atoms with Gasteiger partial charge in [0.25, 0.3) is 0 Å². The van der Waals surface area contributed by atoms with Gasteiger partial charge in [-0.25, -0.2) is 0 Å². The molecule has 1 aliphatic rings. The van der Waals surface area contributed by atoms with Crippen LogP contribution in [-0.4, -0.2) is 45.6 Å². The molecule has 1 aliphatic heterocycles. The van der Waals surface area contributed by atoms with Gasteiger partial charge in [0.05, 0.1) is 27.5 Å². The molecule has 0 bridgehead atoms. The predicted molar refractivity (Wildman–Crippen MR) is 83.7 cm³/mol. The van der Waals surface area contributed by atoms with E-state index in [1.807, 2.05) is 18.3 Å². The molecule has 1 aromatic rings. The minimum Gasteiger partial charge on any atom is -0.493 e. The molecule has 1 saturated heterocycles. The highest BCUT2D eigenvalue weighted by molar-refractivity contribution is 5.82. The summed E-state index contributed by atoms with van der Waals surface area (Å²) in [6.07, 6.45) is 6.89. The van der Waals surface area contributed by atoms with Crippen LogP contribution in [-0.2, 0) is 0 Å². The van der Waals surface area contributed by atoms with E-state index in [9.17, 15) is 0 Å². The van der Waals surface area contributed by atoms with E-state index >= 15 is 0 Å². The summed E-state index contributed by atoms with van der Waals surface area (Å²) in [4.78, 5) is 0. The average Bonchev–Trinajstić information content (AvgIpc) is 2.80. The number of methoxy groups -OCH3 is 3. The zero-order chi connectivity index (χ0) is 15.1. The Kier molecular flexibility index (Phi) is 5.72. The fourth-order valence-corrected chi connectivity index (χ4v) is 2.49. The van der Waals surface area contributed by atoms with E-state index in [4.69, 9.17) is 14.2 Å². The molecule has 0 radical (unpaired) electrons. The Hall–Kier alpha value is -1.91. The molecular formula is C16H24N2O3. The maximum atomic E-state index is 5.35. The van der Waals surface area contributed by atoms with Crippen LogP contribution < -0.4 is 14.2 Å². The van der Waals surface area contributed by atoms with E-state index in [2.05, 4.69) is 10.1 Å². The van der Waals surface area contributed by atoms with Gasteiger partial charge in [-0.3, -0.25) is 5.01 Å². The largest absolute Gasteiger partial charge is 0.493 e. The fourth-order valence-electron chi connectivity index (χ4n) is 2.49. The SMILES string of the molecule is COc1cc(C=NN2CCCCCC2)cc(OC)c1OC. The van der Waals surface area contributed by atoms with Crippen LogP contribution in [0.25, 0.3) is 0 Å². The molecule has 5 nitrogen and oxygen atoms in total. The molecular weight excluding hydrogens is 268 g/mol. The number of nitrogens with zero attached hydrogens (tertiary/aromatic N) is 2. The van der Waals surface area contributed by atoms with E-state index in [0.29, 0.717) is 17.2 Å². The number of benzene rings is 1. The molecule has 1 aromatic carbocycles. The van der Waals surface area contributed by atoms with E-state index < -0.39 is 0 Å². The first-order valence-corrected chi connectivity index (χ1v) is 7.37. The smallest absolute Gasteiger partial charge is 0.203 e. The Labute approximate surface area is 126 Å². The lowest BCUT2D eigenvalue weighted by Crippen LogP contribution is -2.18. The van der Waals surface area contributed by atoms with Gasteiger partial charge in [0.1, 0.15) is 0 Å². The van der Waals surface area contributed by atoms with Crippen molar-refractivity contribution in [1.29, 1.82) is 0 Å². The van der Waals surface area contributed by atoms with Crippen molar-refractivity contribution in [2.45, 2.75) is 25.7 Å². The van der Waals surface area contributed by atoms with Crippen LogP contribution in [0.4, 0.5) is 0 Å². The summed E-state index contributed by atoms with van der Waals surface area (Å²) >= 11 is 0. The second-order valence-corrected chi connectivity index (χ2v) is 5.07. The quantitative estimate of drug-likeness (QED) is 0.783. The molecule has 0 spiro atoms. The highest BCUT2D eigenvalue weighted by atomic mass is 16.5. The maximum Gasteiger partial charge on any atom is 0.203 e. The normalized spacial score (nSPS) is 15.9. The standard InChI is InChI=1S/C16H24N2O3/c1-19-14-10-13(11-15(20-2)16(14)21-3)12-17-18-8-6-4-5-7-9-18/h10-12H,4-9H2,1-3H3. The van der Waals surface area contributed by atoms with Crippen molar-refractivity contribution in [3.05, 3.63) is 17.7 Å². The van der Waals surface area contributed by atoms with Crippen molar-refractivity contribution in [3.8, 4) is 17.2 Å². The summed E-state index contributed by atoms with van der Waals surface area (Å²) in [6.45, 7) is 2.06. The van der Waals surface area contributed by atoms with Gasteiger partial charge < -0.3 is 14.2 Å². The van der Waals surface area contributed by atoms with Gasteiger partial charge in [0.15, 0.2) is 11.5 Å². The van der Waals surface area contributed by atoms with Gasteiger partial charge in [-0.2, -0.15) is 5.10 Å². The van der Waals surface area contributed by atoms with Crippen LogP contribution in [0.5, 0.6) is 17.2 Å². The molecule has 1 heterocycles. The lowest BCUT2D eigenvalue weighted by Gasteiger charge is -2.16. The van der Waals surface area contributed by atoms with Gasteiger partial charge in [0.2, 0.25) is 5.75 Å². The Morgan fingerprint density at radius 1 is 0.905 bits per heavy atom. The molecule has 1 fully saturated rings. The van der Waals surface area contributed by atoms with E-state index in [1.54, 1.807) is 21.3 Å². The molecule has 116 valence electrons. The molecule has 0 aliphatic carbocycles. The number of hydrogen-bond acceptors (Lipinski definition) is 5. The van der Waals surface area contributed by atoms with Gasteiger partial charge in [0, 0.05) is 18.7 Å². The van der Waals surface area contributed by atoms with Crippen LogP contribution in [0, 0.1) is 0 Å². The van der Waals surface area contributed by atoms with Crippen molar-refractivity contribution in [1.82, 2.24) is 5.01 Å². The Balaban J connectivity index is 2.18. The molecule has 0 N–H and O–H groups in total. The van der Waals surface area contributed by atoms with Crippen LogP contribution in [0.2, 0.25) is 0 Å². The second-order valence-electron chi connectivity index (χ2n) is 5.07. The zero-order valence-corrected chi connectivity index (χ0v) is 13.1. The Morgan fingerprint density at radius 2 is 1.48 bits per heavy atom. The first-order chi connectivity index (χ1) is 10.3. The maximum absolute atomic E-state index is 5.35. The summed E-state index contributed by atoms with van der Waals surface area (Å²) in [6, 6.07) is 3.81. The van der Waals surface area contributed by atoms with Crippen molar-refractivity contribution < 1.29 is 14.2 Å². The molecule has 21 heavy (non-hydrogen) atoms. The number of hydrogen-bond donors (Lipinski definition) is 0. The van der Waals surface area contributed by atoms with Gasteiger partial charge in [-0.15, -0.1) is 0 Å². The van der Waals surface area contributed by atoms with Crippen molar-refractivity contribution in [3.63, 3.8) is 0 Å². The minimum absolute atomic E-state index is 0.604. The summed E-state index contributed by atoms with van der Waals surface area (Å²) in [5.41, 5.74) is 0.939. The lowest BCUT2D eigenvalue weighted by atomic mass is 10.2. The van der Waals surface area contributed by atoms with E-state index in [0.717, 1.165) is 18.7 Å². The van der Waals surface area contributed by atoms with Gasteiger partial charge in [-0.05, 0) is 25.0 Å². The third kappa shape index (κ3) is 4.03. The average molecular weight is 292 g/mol. The topological polar surface area (TPSA) is 43.3 Å². The monoisotopic (exact) mass is 292 g/mol. The molecule has 0 atom stereocenters. The van der Waals surface area contributed by atoms with Crippen LogP contribution in [0.15, 0.2) is 17.2 Å². The predicted octanol–water partition coefficient (Wildman–Crippen LogP) is 2.92. The number of hydrazone groups is 1. The van der Waals surface area contributed by atoms with Crippen molar-refractivity contribution >= 4 is 6.21 Å². The van der Waals surface area contributed by atoms with Crippen LogP contribution in [0.3, 0.4) is 0 Å². The summed E-state index contributed by atoms with van der Waals surface area (Å²) in [5, 5.41) is 6.71. The van der Waals surface area contributed by atoms with Crippen molar-refractivity contribution in [2.75, 3.05) is 34.4 Å². The van der Waals surface area contributed by atoms with Gasteiger partial charge in [-0.1, -0.05) is 12.8 Å². The first-order valence-electron chi connectivity index (χ1n) is 7.37. The fraction of sp³-hybridized carbons (Fsp3) is 0.562. The Bertz CT molecular complexity index is 455. The highest BCUT2D eigenvalue weighted by Crippen LogP contribution is 2.37. The molecule has 0 amide bonds. The molecule has 0 unspecified atom stereocenters. The number of ether oxygens (including phenoxy) is 3. The van der Waals surface area contributed by atoms with E-state index in [1.165, 1.54) is 25.7 Å². The minimum atomic E-state index is 0.604. The Morgan fingerprint density at radius 3 is 1.95 bits per heavy atom. The zero-order valence-electron chi connectivity index (χ0n) is 13.1. The molecule has 0 saturated carbocycles. The third-order valence-electron chi connectivity index (χ3n) is 3.64. The molecule has 2 rings (SSSR count). The molecule has 0 aromatic heterocycles. The molecule has 5 heteroatoms. The third-order valence-corrected chi connectivity index (χ3v) is 3.64. The van der Waals surface area contributed by atoms with Crippen LogP contribution in [0.1, 0.15) is 31.2 Å². The van der Waals surface area contributed by atoms with Crippen molar-refractivity contribution in [2.24, 2.45) is 5.10 Å². The summed E-state index contributed by atoms with van der Waals surface area (Å²) in [5.74, 6) is 1.90. The van der Waals surface area contributed by atoms with Crippen LogP contribution >= 0.6 is 0 Å². The first kappa shape index (κ1) is 15.5. The number of rotatable bonds is 5. The highest BCUT2D eigenvalue weighted by Gasteiger charge is 2.12. The van der Waals surface area contributed by atoms with E-state index in [-0.39, 0.29) is 0 Å². The lowest BCUT2D eigenvalue weighted by molar-refractivity contribution is 0.302. The summed E-state index contributed by atoms with van der Waals surface area (Å²) in [7, 11) is 4.84.